The summed E-state index contributed by atoms with van der Waals surface area (Å²) in [6.07, 6.45) is 11.4. The monoisotopic (exact) mass is 649 g/mol. The predicted octanol–water partition coefficient (Wildman–Crippen LogP) is 4.64. The highest BCUT2D eigenvalue weighted by molar-refractivity contribution is 7.99. The van der Waals surface area contributed by atoms with Gasteiger partial charge in [-0.05, 0) is 49.8 Å². The Bertz CT molecular complexity index is 1320. The second-order valence-electron chi connectivity index (χ2n) is 11.9. The fourth-order valence-corrected chi connectivity index (χ4v) is 6.86. The Balaban J connectivity index is 1.48. The lowest BCUT2D eigenvalue weighted by Gasteiger charge is -2.31. The summed E-state index contributed by atoms with van der Waals surface area (Å²) >= 11 is 1.57. The van der Waals surface area contributed by atoms with Gasteiger partial charge in [-0.2, -0.15) is 0 Å². The van der Waals surface area contributed by atoms with E-state index in [1.165, 1.54) is 12.7 Å². The molecule has 2 amide bonds. The van der Waals surface area contributed by atoms with E-state index < -0.39 is 36.0 Å². The first-order chi connectivity index (χ1) is 22.4. The summed E-state index contributed by atoms with van der Waals surface area (Å²) in [5.41, 5.74) is 1.51. The molecule has 2 heterocycles. The zero-order valence-corrected chi connectivity index (χ0v) is 27.4. The molecule has 1 aromatic carbocycles. The maximum Gasteiger partial charge on any atom is 0.306 e. The van der Waals surface area contributed by atoms with Gasteiger partial charge in [0.05, 0.1) is 48.1 Å². The number of aromatic nitrogens is 3. The predicted molar refractivity (Wildman–Crippen MR) is 178 cm³/mol. The zero-order chi connectivity index (χ0) is 32.6. The highest BCUT2D eigenvalue weighted by Gasteiger charge is 2.32. The molecule has 1 fully saturated rings. The third-order valence-electron chi connectivity index (χ3n) is 8.42. The van der Waals surface area contributed by atoms with Gasteiger partial charge in [-0.3, -0.25) is 14.4 Å². The van der Waals surface area contributed by atoms with Crippen LogP contribution in [0.3, 0.4) is 0 Å². The van der Waals surface area contributed by atoms with Gasteiger partial charge in [0, 0.05) is 24.6 Å². The summed E-state index contributed by atoms with van der Waals surface area (Å²) in [7, 11) is 0. The van der Waals surface area contributed by atoms with Crippen molar-refractivity contribution >= 4 is 29.5 Å². The van der Waals surface area contributed by atoms with Crippen LogP contribution in [0.5, 0.6) is 0 Å². The minimum Gasteiger partial charge on any atom is -0.466 e. The van der Waals surface area contributed by atoms with Gasteiger partial charge in [0.2, 0.25) is 11.8 Å². The fourth-order valence-electron chi connectivity index (χ4n) is 5.98. The van der Waals surface area contributed by atoms with Crippen molar-refractivity contribution in [3.8, 4) is 0 Å². The second-order valence-corrected chi connectivity index (χ2v) is 13.1. The van der Waals surface area contributed by atoms with Crippen molar-refractivity contribution in [2.24, 2.45) is 11.8 Å². The van der Waals surface area contributed by atoms with Crippen molar-refractivity contribution < 1.29 is 24.2 Å². The van der Waals surface area contributed by atoms with Crippen LogP contribution in [0.1, 0.15) is 69.5 Å². The molecule has 0 radical (unpaired) electrons. The maximum atomic E-state index is 14.0. The Morgan fingerprint density at radius 3 is 2.48 bits per heavy atom. The van der Waals surface area contributed by atoms with Gasteiger partial charge in [-0.1, -0.05) is 68.5 Å². The van der Waals surface area contributed by atoms with Crippen molar-refractivity contribution in [3.05, 3.63) is 78.5 Å². The van der Waals surface area contributed by atoms with Crippen molar-refractivity contribution in [1.82, 2.24) is 25.6 Å². The van der Waals surface area contributed by atoms with E-state index in [0.717, 1.165) is 36.3 Å². The number of H-pyrrole nitrogens is 1. The number of aromatic amines is 1. The number of rotatable bonds is 18. The summed E-state index contributed by atoms with van der Waals surface area (Å²) < 4.78 is 5.16. The lowest BCUT2D eigenvalue weighted by Crippen LogP contribution is -2.55. The van der Waals surface area contributed by atoms with Gasteiger partial charge in [-0.25, -0.2) is 9.97 Å². The molecule has 46 heavy (non-hydrogen) atoms. The molecule has 1 unspecified atom stereocenters. The molecule has 0 saturated heterocycles. The number of aliphatic hydroxyl groups excluding tert-OH is 1. The van der Waals surface area contributed by atoms with Gasteiger partial charge >= 0.3 is 5.97 Å². The molecule has 1 aliphatic carbocycles. The van der Waals surface area contributed by atoms with Crippen LogP contribution in [0.15, 0.2) is 72.3 Å². The third-order valence-corrected chi connectivity index (χ3v) is 9.40. The molecule has 0 bridgehead atoms. The average Bonchev–Trinajstić information content (AvgIpc) is 3.58. The van der Waals surface area contributed by atoms with Crippen molar-refractivity contribution in [2.45, 2.75) is 94.3 Å². The number of esters is 1. The van der Waals surface area contributed by atoms with Crippen LogP contribution in [0.2, 0.25) is 0 Å². The van der Waals surface area contributed by atoms with E-state index in [1.807, 2.05) is 48.5 Å². The van der Waals surface area contributed by atoms with Gasteiger partial charge in [0.1, 0.15) is 6.04 Å². The molecule has 10 nitrogen and oxygen atoms in total. The smallest absolute Gasteiger partial charge is 0.306 e. The van der Waals surface area contributed by atoms with Crippen molar-refractivity contribution in [3.63, 3.8) is 0 Å². The first kappa shape index (κ1) is 35.2. The third kappa shape index (κ3) is 11.9. The number of hydrogen-bond acceptors (Lipinski definition) is 8. The van der Waals surface area contributed by atoms with Crippen LogP contribution in [-0.2, 0) is 32.0 Å². The standard InChI is InChI=1S/C35H47N5O5S/c1-2-45-33(42)21-27(19-25-11-5-3-6-12-25)34(43)40-30(22-28-23-36-24-38-28)35(44)39-29(20-26-13-7-4-8-14-26)31(41)16-18-46-32-15-9-10-17-37-32/h3,5-6,9-12,15,17,23-24,26-27,29-31,41H,2,4,7-8,13-14,16,18-22H2,1H3,(H,36,38)(H,39,44)(H,40,43)/t27?,29-,30-,31-/m0/s1. The van der Waals surface area contributed by atoms with Crippen LogP contribution in [-0.4, -0.2) is 68.4 Å². The van der Waals surface area contributed by atoms with Crippen LogP contribution in [0, 0.1) is 11.8 Å². The normalized spacial score (nSPS) is 16.1. The molecule has 1 saturated carbocycles. The SMILES string of the molecule is CCOC(=O)CC(Cc1ccccc1)C(=O)N[C@@H](Cc1c[nH]cn1)C(=O)N[C@@H](CC1CCCCC1)[C@@H](O)CCSc1ccccn1. The van der Waals surface area contributed by atoms with E-state index in [-0.39, 0.29) is 25.4 Å². The first-order valence-electron chi connectivity index (χ1n) is 16.4. The van der Waals surface area contributed by atoms with Gasteiger partial charge in [-0.15, -0.1) is 11.8 Å². The number of hydrogen-bond donors (Lipinski definition) is 4. The molecule has 1 aliphatic rings. The molecule has 4 atom stereocenters. The molecule has 2 aromatic heterocycles. The van der Waals surface area contributed by atoms with Crippen molar-refractivity contribution in [1.29, 1.82) is 0 Å². The molecule has 248 valence electrons. The Morgan fingerprint density at radius 1 is 1.00 bits per heavy atom. The molecular weight excluding hydrogens is 602 g/mol. The van der Waals surface area contributed by atoms with Gasteiger partial charge < -0.3 is 25.5 Å². The van der Waals surface area contributed by atoms with Gasteiger partial charge in [0.15, 0.2) is 0 Å². The Labute approximate surface area is 275 Å². The van der Waals surface area contributed by atoms with E-state index in [4.69, 9.17) is 4.74 Å². The quantitative estimate of drug-likeness (QED) is 0.115. The number of ether oxygens (including phenoxy) is 1. The summed E-state index contributed by atoms with van der Waals surface area (Å²) in [6.45, 7) is 1.94. The number of nitrogens with one attached hydrogen (secondary N) is 3. The molecule has 0 aliphatic heterocycles. The Hall–Kier alpha value is -3.70. The number of pyridine rings is 1. The van der Waals surface area contributed by atoms with Crippen LogP contribution < -0.4 is 10.6 Å². The highest BCUT2D eigenvalue weighted by atomic mass is 32.2. The minimum atomic E-state index is -0.958. The number of aliphatic hydroxyl groups is 1. The molecular formula is C35H47N5O5S. The molecule has 3 aromatic rings. The number of imidazole rings is 1. The topological polar surface area (TPSA) is 146 Å². The lowest BCUT2D eigenvalue weighted by atomic mass is 9.83. The molecule has 4 rings (SSSR count). The molecule has 11 heteroatoms. The van der Waals surface area contributed by atoms with E-state index in [1.54, 1.807) is 31.1 Å². The van der Waals surface area contributed by atoms with Crippen LogP contribution in [0.25, 0.3) is 0 Å². The summed E-state index contributed by atoms with van der Waals surface area (Å²) in [5, 5.41) is 18.3. The molecule has 4 N–H and O–H groups in total. The van der Waals surface area contributed by atoms with Crippen LogP contribution >= 0.6 is 11.8 Å². The average molecular weight is 650 g/mol. The zero-order valence-electron chi connectivity index (χ0n) is 26.6. The number of carbonyl (C=O) groups excluding carboxylic acids is 3. The van der Waals surface area contributed by atoms with Crippen LogP contribution in [0.4, 0.5) is 0 Å². The van der Waals surface area contributed by atoms with E-state index >= 15 is 0 Å². The maximum absolute atomic E-state index is 14.0. The van der Waals surface area contributed by atoms with Crippen molar-refractivity contribution in [2.75, 3.05) is 12.4 Å². The summed E-state index contributed by atoms with van der Waals surface area (Å²) in [5.74, 6) is -0.935. The van der Waals surface area contributed by atoms with Gasteiger partial charge in [0.25, 0.3) is 0 Å². The summed E-state index contributed by atoms with van der Waals surface area (Å²) in [6, 6.07) is 13.8. The lowest BCUT2D eigenvalue weighted by molar-refractivity contribution is -0.146. The largest absolute Gasteiger partial charge is 0.466 e. The van der Waals surface area contributed by atoms with E-state index in [2.05, 4.69) is 25.6 Å². The van der Waals surface area contributed by atoms with E-state index in [9.17, 15) is 19.5 Å². The second kappa shape index (κ2) is 19.1. The fraction of sp³-hybridized carbons (Fsp3) is 0.514. The minimum absolute atomic E-state index is 0.109. The highest BCUT2D eigenvalue weighted by Crippen LogP contribution is 2.29. The Morgan fingerprint density at radius 2 is 1.78 bits per heavy atom. The number of benzene rings is 1. The number of carbonyl (C=O) groups is 3. The summed E-state index contributed by atoms with van der Waals surface area (Å²) in [4.78, 5) is 51.8. The first-order valence-corrected chi connectivity index (χ1v) is 17.4. The Kier molecular flexibility index (Phi) is 14.6. The van der Waals surface area contributed by atoms with E-state index in [0.29, 0.717) is 36.6 Å². The molecule has 0 spiro atoms. The number of thioether (sulfide) groups is 1. The number of amides is 2. The number of nitrogens with zero attached hydrogens (tertiary/aromatic N) is 2.